The molecule has 2 atom stereocenters. The zero-order chi connectivity index (χ0) is 11.4. The summed E-state index contributed by atoms with van der Waals surface area (Å²) in [4.78, 5) is 2.49. The molecule has 2 N–H and O–H groups in total. The number of hydrogen-bond acceptors (Lipinski definition) is 2. The van der Waals surface area contributed by atoms with Crippen molar-refractivity contribution in [1.29, 1.82) is 0 Å². The molecular weight excluding hydrogens is 196 g/mol. The maximum absolute atomic E-state index is 5.61. The Morgan fingerprint density at radius 3 is 2.69 bits per heavy atom. The van der Waals surface area contributed by atoms with Gasteiger partial charge in [-0.1, -0.05) is 37.3 Å². The van der Waals surface area contributed by atoms with Crippen LogP contribution in [0.15, 0.2) is 30.3 Å². The van der Waals surface area contributed by atoms with Crippen LogP contribution in [0.3, 0.4) is 0 Å². The molecule has 88 valence electrons. The molecule has 2 heteroatoms. The molecule has 1 fully saturated rings. The van der Waals surface area contributed by atoms with Gasteiger partial charge < -0.3 is 10.6 Å². The van der Waals surface area contributed by atoms with Crippen LogP contribution >= 0.6 is 0 Å². The summed E-state index contributed by atoms with van der Waals surface area (Å²) < 4.78 is 0. The predicted octanol–water partition coefficient (Wildman–Crippen LogP) is 2.07. The highest BCUT2D eigenvalue weighted by Gasteiger charge is 2.26. The van der Waals surface area contributed by atoms with E-state index in [1.165, 1.54) is 25.1 Å². The summed E-state index contributed by atoms with van der Waals surface area (Å²) in [5, 5.41) is 0. The molecule has 1 aromatic carbocycles. The summed E-state index contributed by atoms with van der Waals surface area (Å²) in [5.41, 5.74) is 7.11. The number of nitrogens with two attached hydrogens (primary N) is 1. The first kappa shape index (κ1) is 11.6. The van der Waals surface area contributed by atoms with Gasteiger partial charge in [-0.25, -0.2) is 0 Å². The van der Waals surface area contributed by atoms with E-state index in [-0.39, 0.29) is 0 Å². The molecule has 1 aliphatic heterocycles. The van der Waals surface area contributed by atoms with Crippen LogP contribution in [0.4, 0.5) is 0 Å². The molecule has 1 heterocycles. The second kappa shape index (κ2) is 5.46. The average molecular weight is 218 g/mol. The number of piperidine rings is 1. The molecule has 0 saturated carbocycles. The summed E-state index contributed by atoms with van der Waals surface area (Å²) in [7, 11) is 0. The third-order valence-electron chi connectivity index (χ3n) is 3.66. The van der Waals surface area contributed by atoms with E-state index in [9.17, 15) is 0 Å². The van der Waals surface area contributed by atoms with Gasteiger partial charge in [0.1, 0.15) is 0 Å². The van der Waals surface area contributed by atoms with Crippen LogP contribution in [0, 0.1) is 5.92 Å². The lowest BCUT2D eigenvalue weighted by Crippen LogP contribution is -2.40. The van der Waals surface area contributed by atoms with Crippen LogP contribution in [0.25, 0.3) is 0 Å². The number of hydrogen-bond donors (Lipinski definition) is 1. The zero-order valence-electron chi connectivity index (χ0n) is 10.1. The summed E-state index contributed by atoms with van der Waals surface area (Å²) in [6, 6.07) is 10.9. The first-order valence-electron chi connectivity index (χ1n) is 6.28. The maximum Gasteiger partial charge on any atom is 0.0105 e. The lowest BCUT2D eigenvalue weighted by atomic mass is 9.81. The molecule has 0 amide bonds. The number of nitrogens with zero attached hydrogens (tertiary/aromatic N) is 1. The van der Waals surface area contributed by atoms with Gasteiger partial charge in [0.2, 0.25) is 0 Å². The molecule has 0 bridgehead atoms. The van der Waals surface area contributed by atoms with Crippen molar-refractivity contribution in [3.05, 3.63) is 35.9 Å². The third kappa shape index (κ3) is 2.63. The van der Waals surface area contributed by atoms with Crippen molar-refractivity contribution in [1.82, 2.24) is 4.90 Å². The van der Waals surface area contributed by atoms with Gasteiger partial charge in [-0.3, -0.25) is 0 Å². The Balaban J connectivity index is 1.99. The standard InChI is InChI=1S/C14H22N2/c1-12-11-16(10-8-15)9-7-14(12)13-5-3-2-4-6-13/h2-6,12,14H,7-11,15H2,1H3. The first-order valence-corrected chi connectivity index (χ1v) is 6.28. The molecule has 0 aromatic heterocycles. The molecule has 1 aliphatic rings. The van der Waals surface area contributed by atoms with Crippen molar-refractivity contribution >= 4 is 0 Å². The van der Waals surface area contributed by atoms with Gasteiger partial charge in [-0.05, 0) is 30.4 Å². The smallest absolute Gasteiger partial charge is 0.0105 e. The van der Waals surface area contributed by atoms with Crippen LogP contribution in [-0.4, -0.2) is 31.1 Å². The Hall–Kier alpha value is -0.860. The minimum Gasteiger partial charge on any atom is -0.329 e. The van der Waals surface area contributed by atoms with E-state index in [1.807, 2.05) is 0 Å². The number of benzene rings is 1. The molecular formula is C14H22N2. The van der Waals surface area contributed by atoms with E-state index in [4.69, 9.17) is 5.73 Å². The quantitative estimate of drug-likeness (QED) is 0.841. The van der Waals surface area contributed by atoms with Crippen molar-refractivity contribution in [3.8, 4) is 0 Å². The lowest BCUT2D eigenvalue weighted by Gasteiger charge is -2.37. The Morgan fingerprint density at radius 1 is 1.31 bits per heavy atom. The molecule has 2 unspecified atom stereocenters. The fraction of sp³-hybridized carbons (Fsp3) is 0.571. The molecule has 0 radical (unpaired) electrons. The van der Waals surface area contributed by atoms with Crippen LogP contribution in [0.2, 0.25) is 0 Å². The lowest BCUT2D eigenvalue weighted by molar-refractivity contribution is 0.167. The molecule has 0 spiro atoms. The Morgan fingerprint density at radius 2 is 2.06 bits per heavy atom. The van der Waals surface area contributed by atoms with Crippen LogP contribution < -0.4 is 5.73 Å². The molecule has 1 aromatic rings. The maximum atomic E-state index is 5.61. The van der Waals surface area contributed by atoms with Gasteiger partial charge in [-0.2, -0.15) is 0 Å². The highest BCUT2D eigenvalue weighted by Crippen LogP contribution is 2.32. The summed E-state index contributed by atoms with van der Waals surface area (Å²) in [6.07, 6.45) is 1.27. The normalized spacial score (nSPS) is 26.9. The van der Waals surface area contributed by atoms with Crippen LogP contribution in [0.5, 0.6) is 0 Å². The van der Waals surface area contributed by atoms with E-state index >= 15 is 0 Å². The highest BCUT2D eigenvalue weighted by atomic mass is 15.1. The van der Waals surface area contributed by atoms with Crippen molar-refractivity contribution in [2.75, 3.05) is 26.2 Å². The Kier molecular flexibility index (Phi) is 3.97. The fourth-order valence-electron chi connectivity index (χ4n) is 2.81. The molecule has 16 heavy (non-hydrogen) atoms. The Labute approximate surface area is 98.4 Å². The summed E-state index contributed by atoms with van der Waals surface area (Å²) in [5.74, 6) is 1.47. The summed E-state index contributed by atoms with van der Waals surface area (Å²) >= 11 is 0. The van der Waals surface area contributed by atoms with E-state index in [1.54, 1.807) is 0 Å². The van der Waals surface area contributed by atoms with E-state index < -0.39 is 0 Å². The van der Waals surface area contributed by atoms with E-state index in [2.05, 4.69) is 42.2 Å². The first-order chi connectivity index (χ1) is 7.81. The molecule has 1 saturated heterocycles. The van der Waals surface area contributed by atoms with Crippen molar-refractivity contribution < 1.29 is 0 Å². The van der Waals surface area contributed by atoms with Crippen LogP contribution in [-0.2, 0) is 0 Å². The van der Waals surface area contributed by atoms with Crippen LogP contribution in [0.1, 0.15) is 24.8 Å². The zero-order valence-corrected chi connectivity index (χ0v) is 10.1. The summed E-state index contributed by atoms with van der Waals surface area (Å²) in [6.45, 7) is 6.58. The fourth-order valence-corrected chi connectivity index (χ4v) is 2.81. The van der Waals surface area contributed by atoms with E-state index in [0.717, 1.165) is 24.9 Å². The third-order valence-corrected chi connectivity index (χ3v) is 3.66. The van der Waals surface area contributed by atoms with Gasteiger partial charge in [0.05, 0.1) is 0 Å². The minimum atomic E-state index is 0.732. The Bertz CT molecular complexity index is 310. The minimum absolute atomic E-state index is 0.732. The van der Waals surface area contributed by atoms with Gasteiger partial charge in [0.15, 0.2) is 0 Å². The molecule has 2 rings (SSSR count). The second-order valence-electron chi connectivity index (χ2n) is 4.87. The van der Waals surface area contributed by atoms with Gasteiger partial charge in [0.25, 0.3) is 0 Å². The van der Waals surface area contributed by atoms with Crippen molar-refractivity contribution in [3.63, 3.8) is 0 Å². The van der Waals surface area contributed by atoms with Gasteiger partial charge in [0, 0.05) is 19.6 Å². The van der Waals surface area contributed by atoms with Crippen molar-refractivity contribution in [2.24, 2.45) is 11.7 Å². The van der Waals surface area contributed by atoms with Gasteiger partial charge >= 0.3 is 0 Å². The largest absolute Gasteiger partial charge is 0.329 e. The predicted molar refractivity (Wildman–Crippen MR) is 68.5 cm³/mol. The number of likely N-dealkylation sites (tertiary alicyclic amines) is 1. The molecule has 2 nitrogen and oxygen atoms in total. The topological polar surface area (TPSA) is 29.3 Å². The highest BCUT2D eigenvalue weighted by molar-refractivity contribution is 5.20. The average Bonchev–Trinajstić information content (AvgIpc) is 2.31. The monoisotopic (exact) mass is 218 g/mol. The number of rotatable bonds is 3. The van der Waals surface area contributed by atoms with Gasteiger partial charge in [-0.15, -0.1) is 0 Å². The van der Waals surface area contributed by atoms with Crippen molar-refractivity contribution in [2.45, 2.75) is 19.3 Å². The van der Waals surface area contributed by atoms with E-state index in [0.29, 0.717) is 0 Å². The SMILES string of the molecule is CC1CN(CCN)CCC1c1ccccc1. The molecule has 0 aliphatic carbocycles. The second-order valence-corrected chi connectivity index (χ2v) is 4.87.